The lowest BCUT2D eigenvalue weighted by atomic mass is 10.4. The third-order valence-corrected chi connectivity index (χ3v) is 3.25. The van der Waals surface area contributed by atoms with Crippen molar-refractivity contribution in [3.63, 3.8) is 0 Å². The van der Waals surface area contributed by atoms with Gasteiger partial charge in [-0.25, -0.2) is 0 Å². The molecule has 0 bridgehead atoms. The molecule has 3 aromatic heterocycles. The van der Waals surface area contributed by atoms with Crippen molar-refractivity contribution < 1.29 is 13.8 Å². The van der Waals surface area contributed by atoms with Crippen molar-refractivity contribution in [3.8, 4) is 11.6 Å². The molecule has 3 heterocycles. The van der Waals surface area contributed by atoms with Crippen molar-refractivity contribution in [3.05, 3.63) is 46.4 Å². The first kappa shape index (κ1) is 14.1. The Bertz CT molecular complexity index is 821. The third kappa shape index (κ3) is 2.63. The first-order valence-electron chi connectivity index (χ1n) is 6.01. The Balaban J connectivity index is 1.95. The summed E-state index contributed by atoms with van der Waals surface area (Å²) in [6.07, 6.45) is 4.70. The summed E-state index contributed by atoms with van der Waals surface area (Å²) in [5.74, 6) is 0.835. The normalized spacial score (nSPS) is 11.3. The van der Waals surface area contributed by atoms with E-state index in [9.17, 15) is 10.1 Å². The number of hydrogen-bond acceptors (Lipinski definition) is 8. The number of nitro groups is 1. The maximum Gasteiger partial charge on any atom is 0.433 e. The van der Waals surface area contributed by atoms with E-state index in [1.54, 1.807) is 12.1 Å². The Morgan fingerprint density at radius 2 is 2.27 bits per heavy atom. The van der Waals surface area contributed by atoms with Crippen LogP contribution < -0.4 is 0 Å². The zero-order valence-electron chi connectivity index (χ0n) is 11.2. The molecule has 0 aromatic carbocycles. The van der Waals surface area contributed by atoms with Gasteiger partial charge in [0, 0.05) is 0 Å². The molecule has 0 saturated carbocycles. The maximum absolute atomic E-state index is 10.6. The lowest BCUT2D eigenvalue weighted by Crippen LogP contribution is -1.95. The van der Waals surface area contributed by atoms with E-state index >= 15 is 0 Å². The smallest absolute Gasteiger partial charge is 0.433 e. The molecule has 0 unspecified atom stereocenters. The Hall–Kier alpha value is -2.88. The van der Waals surface area contributed by atoms with Crippen molar-refractivity contribution in [1.82, 2.24) is 14.9 Å². The molecule has 0 aliphatic rings. The van der Waals surface area contributed by atoms with Gasteiger partial charge in [-0.05, 0) is 24.5 Å². The van der Waals surface area contributed by atoms with Crippen LogP contribution in [0.5, 0.6) is 0 Å². The molecule has 112 valence electrons. The van der Waals surface area contributed by atoms with Crippen molar-refractivity contribution in [1.29, 1.82) is 0 Å². The Labute approximate surface area is 127 Å². The Kier molecular flexibility index (Phi) is 3.74. The molecule has 10 heteroatoms. The number of furan rings is 2. The summed E-state index contributed by atoms with van der Waals surface area (Å²) in [5.41, 5.74) is 0. The quantitative estimate of drug-likeness (QED) is 0.307. The van der Waals surface area contributed by atoms with Crippen LogP contribution in [0.25, 0.3) is 11.6 Å². The van der Waals surface area contributed by atoms with Gasteiger partial charge in [-0.1, -0.05) is 11.8 Å². The second-order valence-corrected chi connectivity index (χ2v) is 4.75. The molecule has 0 saturated heterocycles. The second kappa shape index (κ2) is 5.85. The minimum atomic E-state index is -0.613. The average Bonchev–Trinajstić information content (AvgIpc) is 3.24. The standard InChI is InChI=1S/C12H9N5O4S/c1-22-12-15-14-11(9-3-2-6-20-9)16(12)13-7-8-4-5-10(21-8)17(18)19/h2-7H,1H3/b13-7+. The van der Waals surface area contributed by atoms with Crippen molar-refractivity contribution in [2.75, 3.05) is 6.26 Å². The Morgan fingerprint density at radius 3 is 2.91 bits per heavy atom. The molecule has 0 radical (unpaired) electrons. The maximum atomic E-state index is 10.6. The molecular weight excluding hydrogens is 310 g/mol. The van der Waals surface area contributed by atoms with Crippen LogP contribution in [0.3, 0.4) is 0 Å². The molecule has 0 aliphatic carbocycles. The predicted molar refractivity (Wildman–Crippen MR) is 77.9 cm³/mol. The molecule has 0 amide bonds. The van der Waals surface area contributed by atoms with E-state index in [1.807, 2.05) is 6.26 Å². The van der Waals surface area contributed by atoms with E-state index < -0.39 is 4.92 Å². The van der Waals surface area contributed by atoms with Crippen LogP contribution in [0.4, 0.5) is 5.88 Å². The fraction of sp³-hybridized carbons (Fsp3) is 0.0833. The van der Waals surface area contributed by atoms with E-state index in [1.165, 1.54) is 41.0 Å². The van der Waals surface area contributed by atoms with E-state index in [4.69, 9.17) is 8.83 Å². The minimum absolute atomic E-state index is 0.248. The number of rotatable bonds is 5. The molecule has 22 heavy (non-hydrogen) atoms. The van der Waals surface area contributed by atoms with Gasteiger partial charge in [0.2, 0.25) is 11.0 Å². The molecular formula is C12H9N5O4S. The summed E-state index contributed by atoms with van der Waals surface area (Å²) in [6, 6.07) is 6.18. The van der Waals surface area contributed by atoms with E-state index in [2.05, 4.69) is 15.3 Å². The lowest BCUT2D eigenvalue weighted by molar-refractivity contribution is -0.402. The van der Waals surface area contributed by atoms with Crippen LogP contribution >= 0.6 is 11.8 Å². The van der Waals surface area contributed by atoms with Gasteiger partial charge in [-0.2, -0.15) is 9.78 Å². The molecule has 0 aliphatic heterocycles. The van der Waals surface area contributed by atoms with Gasteiger partial charge in [0.15, 0.2) is 11.5 Å². The SMILES string of the molecule is CSc1nnc(-c2ccco2)n1/N=C/c1ccc([N+](=O)[O-])o1. The number of nitrogens with zero attached hydrogens (tertiary/aromatic N) is 5. The largest absolute Gasteiger partial charge is 0.461 e. The van der Waals surface area contributed by atoms with Gasteiger partial charge >= 0.3 is 5.88 Å². The van der Waals surface area contributed by atoms with Gasteiger partial charge in [-0.3, -0.25) is 10.1 Å². The van der Waals surface area contributed by atoms with Crippen LogP contribution in [0.2, 0.25) is 0 Å². The molecule has 3 rings (SSSR count). The first-order chi connectivity index (χ1) is 10.7. The van der Waals surface area contributed by atoms with E-state index in [0.717, 1.165) is 0 Å². The number of hydrogen-bond donors (Lipinski definition) is 0. The predicted octanol–water partition coefficient (Wildman–Crippen LogP) is 2.64. The summed E-state index contributed by atoms with van der Waals surface area (Å²) >= 11 is 1.35. The molecule has 0 fully saturated rings. The number of aromatic nitrogens is 3. The van der Waals surface area contributed by atoms with Crippen molar-refractivity contribution >= 4 is 23.9 Å². The molecule has 9 nitrogen and oxygen atoms in total. The van der Waals surface area contributed by atoms with Crippen LogP contribution in [0.15, 0.2) is 49.6 Å². The highest BCUT2D eigenvalue weighted by Gasteiger charge is 2.15. The zero-order valence-corrected chi connectivity index (χ0v) is 12.1. The third-order valence-electron chi connectivity index (χ3n) is 2.63. The molecule has 3 aromatic rings. The van der Waals surface area contributed by atoms with E-state index in [-0.39, 0.29) is 11.6 Å². The van der Waals surface area contributed by atoms with E-state index in [0.29, 0.717) is 16.7 Å². The average molecular weight is 319 g/mol. The second-order valence-electron chi connectivity index (χ2n) is 3.98. The van der Waals surface area contributed by atoms with Gasteiger partial charge in [-0.15, -0.1) is 10.2 Å². The summed E-state index contributed by atoms with van der Waals surface area (Å²) in [6.45, 7) is 0. The Morgan fingerprint density at radius 1 is 1.41 bits per heavy atom. The van der Waals surface area contributed by atoms with Gasteiger partial charge in [0.1, 0.15) is 4.92 Å². The highest BCUT2D eigenvalue weighted by Crippen LogP contribution is 2.23. The minimum Gasteiger partial charge on any atom is -0.461 e. The monoisotopic (exact) mass is 319 g/mol. The van der Waals surface area contributed by atoms with Gasteiger partial charge < -0.3 is 8.83 Å². The first-order valence-corrected chi connectivity index (χ1v) is 7.23. The molecule has 0 spiro atoms. The van der Waals surface area contributed by atoms with Crippen molar-refractivity contribution in [2.45, 2.75) is 5.16 Å². The fourth-order valence-corrected chi connectivity index (χ4v) is 2.11. The zero-order chi connectivity index (χ0) is 15.5. The van der Waals surface area contributed by atoms with Crippen LogP contribution in [-0.2, 0) is 0 Å². The lowest BCUT2D eigenvalue weighted by Gasteiger charge is -1.99. The van der Waals surface area contributed by atoms with Crippen LogP contribution in [0.1, 0.15) is 5.76 Å². The summed E-state index contributed by atoms with van der Waals surface area (Å²) in [7, 11) is 0. The number of thioether (sulfide) groups is 1. The molecule has 0 N–H and O–H groups in total. The van der Waals surface area contributed by atoms with Gasteiger partial charge in [0.25, 0.3) is 0 Å². The van der Waals surface area contributed by atoms with Crippen molar-refractivity contribution in [2.24, 2.45) is 5.10 Å². The van der Waals surface area contributed by atoms with Gasteiger partial charge in [0.05, 0.1) is 18.5 Å². The highest BCUT2D eigenvalue weighted by atomic mass is 32.2. The summed E-state index contributed by atoms with van der Waals surface area (Å²) in [5, 5.41) is 23.4. The topological polar surface area (TPSA) is 112 Å². The van der Waals surface area contributed by atoms with Crippen LogP contribution in [-0.4, -0.2) is 32.3 Å². The summed E-state index contributed by atoms with van der Waals surface area (Å²) in [4.78, 5) is 9.97. The fourth-order valence-electron chi connectivity index (χ4n) is 1.68. The molecule has 0 atom stereocenters. The van der Waals surface area contributed by atoms with Crippen LogP contribution in [0, 0.1) is 10.1 Å². The summed E-state index contributed by atoms with van der Waals surface area (Å²) < 4.78 is 11.8. The highest BCUT2D eigenvalue weighted by molar-refractivity contribution is 7.98.